The fraction of sp³-hybridized carbons (Fsp3) is 0.333. The van der Waals surface area contributed by atoms with Gasteiger partial charge in [0.2, 0.25) is 0 Å². The van der Waals surface area contributed by atoms with Gasteiger partial charge in [-0.3, -0.25) is 4.79 Å². The largest absolute Gasteiger partial charge is 0.477 e. The second-order valence-corrected chi connectivity index (χ2v) is 4.21. The van der Waals surface area contributed by atoms with E-state index >= 15 is 0 Å². The summed E-state index contributed by atoms with van der Waals surface area (Å²) in [5.74, 6) is -0.811. The van der Waals surface area contributed by atoms with Crippen LogP contribution in [0.4, 0.5) is 0 Å². The minimum absolute atomic E-state index is 0.221. The first-order chi connectivity index (χ1) is 6.59. The molecule has 74 valence electrons. The highest BCUT2D eigenvalue weighted by Crippen LogP contribution is 2.41. The zero-order chi connectivity index (χ0) is 10.3. The Morgan fingerprint density at radius 3 is 2.71 bits per heavy atom. The number of nitrogens with one attached hydrogen (secondary N) is 1. The molecule has 0 aromatic carbocycles. The number of halogens is 1. The average molecular weight is 258 g/mol. The molecule has 2 N–H and O–H groups in total. The molecule has 1 fully saturated rings. The van der Waals surface area contributed by atoms with E-state index in [1.54, 1.807) is 0 Å². The summed E-state index contributed by atoms with van der Waals surface area (Å²) in [7, 11) is 0. The highest BCUT2D eigenvalue weighted by atomic mass is 79.9. The first kappa shape index (κ1) is 9.45. The summed E-state index contributed by atoms with van der Waals surface area (Å²) in [5.41, 5.74) is 0.0730. The molecule has 0 amide bonds. The summed E-state index contributed by atoms with van der Waals surface area (Å²) in [6.07, 6.45) is 2.11. The number of carbonyl (C=O) groups is 1. The molecule has 0 unspecified atom stereocenters. The van der Waals surface area contributed by atoms with E-state index < -0.39 is 11.5 Å². The highest BCUT2D eigenvalue weighted by Gasteiger charge is 2.27. The quantitative estimate of drug-likeness (QED) is 0.848. The average Bonchev–Trinajstić information content (AvgIpc) is 2.91. The molecular formula is C9H8BrNO3. The smallest absolute Gasteiger partial charge is 0.341 e. The van der Waals surface area contributed by atoms with Gasteiger partial charge < -0.3 is 10.1 Å². The molecule has 0 saturated heterocycles. The van der Waals surface area contributed by atoms with Crippen LogP contribution in [0.15, 0.2) is 15.3 Å². The first-order valence-corrected chi connectivity index (χ1v) is 5.05. The van der Waals surface area contributed by atoms with E-state index in [0.717, 1.165) is 18.5 Å². The van der Waals surface area contributed by atoms with Gasteiger partial charge in [0.1, 0.15) is 5.56 Å². The minimum atomic E-state index is -1.20. The Labute approximate surface area is 88.1 Å². The third-order valence-electron chi connectivity index (χ3n) is 2.24. The maximum atomic E-state index is 11.3. The number of pyridine rings is 1. The van der Waals surface area contributed by atoms with E-state index in [2.05, 4.69) is 20.9 Å². The standard InChI is InChI=1S/C9H8BrNO3/c10-6-3-5(9(13)14)8(12)11-7(6)4-1-2-4/h3-4H,1-2H2,(H,11,12)(H,13,14). The third kappa shape index (κ3) is 1.59. The highest BCUT2D eigenvalue weighted by molar-refractivity contribution is 9.10. The van der Waals surface area contributed by atoms with Crippen LogP contribution in [0.1, 0.15) is 34.8 Å². The molecule has 0 spiro atoms. The van der Waals surface area contributed by atoms with Crippen LogP contribution in [0.2, 0.25) is 0 Å². The molecule has 14 heavy (non-hydrogen) atoms. The van der Waals surface area contributed by atoms with Gasteiger partial charge >= 0.3 is 5.97 Å². The summed E-state index contributed by atoms with van der Waals surface area (Å²) in [5, 5.41) is 8.69. The van der Waals surface area contributed by atoms with Gasteiger partial charge in [-0.2, -0.15) is 0 Å². The van der Waals surface area contributed by atoms with E-state index in [1.165, 1.54) is 6.07 Å². The maximum Gasteiger partial charge on any atom is 0.341 e. The Morgan fingerprint density at radius 1 is 1.57 bits per heavy atom. The van der Waals surface area contributed by atoms with E-state index in [9.17, 15) is 9.59 Å². The topological polar surface area (TPSA) is 70.2 Å². The van der Waals surface area contributed by atoms with Crippen molar-refractivity contribution in [3.8, 4) is 0 Å². The molecule has 0 aliphatic heterocycles. The van der Waals surface area contributed by atoms with Crippen LogP contribution in [0.3, 0.4) is 0 Å². The monoisotopic (exact) mass is 257 g/mol. The molecule has 0 radical (unpaired) electrons. The van der Waals surface area contributed by atoms with Gasteiger partial charge in [-0.25, -0.2) is 4.79 Å². The Balaban J connectivity index is 2.54. The van der Waals surface area contributed by atoms with Crippen molar-refractivity contribution in [2.45, 2.75) is 18.8 Å². The van der Waals surface area contributed by atoms with Crippen LogP contribution in [-0.4, -0.2) is 16.1 Å². The van der Waals surface area contributed by atoms with E-state index in [1.807, 2.05) is 0 Å². The zero-order valence-electron chi connectivity index (χ0n) is 7.21. The first-order valence-electron chi connectivity index (χ1n) is 4.25. The fourth-order valence-electron chi connectivity index (χ4n) is 1.35. The molecule has 1 aliphatic rings. The molecule has 1 aliphatic carbocycles. The van der Waals surface area contributed by atoms with Crippen LogP contribution in [0.5, 0.6) is 0 Å². The van der Waals surface area contributed by atoms with Crippen molar-refractivity contribution >= 4 is 21.9 Å². The molecule has 2 rings (SSSR count). The number of H-pyrrole nitrogens is 1. The SMILES string of the molecule is O=C(O)c1cc(Br)c(C2CC2)[nH]c1=O. The van der Waals surface area contributed by atoms with Gasteiger partial charge in [-0.05, 0) is 34.8 Å². The lowest BCUT2D eigenvalue weighted by Crippen LogP contribution is -2.18. The Bertz CT molecular complexity index is 448. The van der Waals surface area contributed by atoms with E-state index in [0.29, 0.717) is 10.4 Å². The van der Waals surface area contributed by atoms with Gasteiger partial charge in [0.05, 0.1) is 0 Å². The van der Waals surface area contributed by atoms with Crippen molar-refractivity contribution in [2.24, 2.45) is 0 Å². The lowest BCUT2D eigenvalue weighted by molar-refractivity contribution is 0.0695. The van der Waals surface area contributed by atoms with Crippen LogP contribution in [0.25, 0.3) is 0 Å². The molecule has 1 aromatic heterocycles. The molecule has 0 atom stereocenters. The molecule has 4 nitrogen and oxygen atoms in total. The number of carboxylic acid groups (broad SMARTS) is 1. The van der Waals surface area contributed by atoms with Crippen molar-refractivity contribution in [3.05, 3.63) is 32.2 Å². The second kappa shape index (κ2) is 3.24. The Morgan fingerprint density at radius 2 is 2.21 bits per heavy atom. The zero-order valence-corrected chi connectivity index (χ0v) is 8.80. The summed E-state index contributed by atoms with van der Waals surface area (Å²) < 4.78 is 0.678. The van der Waals surface area contributed by atoms with Crippen LogP contribution in [0, 0.1) is 0 Å². The fourth-order valence-corrected chi connectivity index (χ4v) is 2.00. The van der Waals surface area contributed by atoms with Gasteiger partial charge in [-0.15, -0.1) is 0 Å². The van der Waals surface area contributed by atoms with Crippen molar-refractivity contribution in [1.82, 2.24) is 4.98 Å². The van der Waals surface area contributed by atoms with Crippen molar-refractivity contribution in [2.75, 3.05) is 0 Å². The normalized spacial score (nSPS) is 15.5. The summed E-state index contributed by atoms with van der Waals surface area (Å²) >= 11 is 3.26. The van der Waals surface area contributed by atoms with E-state index in [-0.39, 0.29) is 5.56 Å². The van der Waals surface area contributed by atoms with E-state index in [4.69, 9.17) is 5.11 Å². The van der Waals surface area contributed by atoms with Gasteiger partial charge in [-0.1, -0.05) is 0 Å². The molecular weight excluding hydrogens is 250 g/mol. The van der Waals surface area contributed by atoms with Crippen LogP contribution >= 0.6 is 15.9 Å². The summed E-state index contributed by atoms with van der Waals surface area (Å²) in [4.78, 5) is 24.5. The minimum Gasteiger partial charge on any atom is -0.477 e. The van der Waals surface area contributed by atoms with Crippen LogP contribution < -0.4 is 5.56 Å². The number of aromatic nitrogens is 1. The van der Waals surface area contributed by atoms with Gasteiger partial charge in [0, 0.05) is 16.1 Å². The predicted molar refractivity (Wildman–Crippen MR) is 53.7 cm³/mol. The lowest BCUT2D eigenvalue weighted by atomic mass is 10.2. The maximum absolute atomic E-state index is 11.3. The Kier molecular flexibility index (Phi) is 2.19. The molecule has 1 saturated carbocycles. The number of hydrogen-bond acceptors (Lipinski definition) is 2. The number of rotatable bonds is 2. The van der Waals surface area contributed by atoms with Crippen molar-refractivity contribution in [3.63, 3.8) is 0 Å². The number of hydrogen-bond donors (Lipinski definition) is 2. The summed E-state index contributed by atoms with van der Waals surface area (Å²) in [6.45, 7) is 0. The molecule has 1 aromatic rings. The Hall–Kier alpha value is -1.10. The number of carboxylic acids is 1. The molecule has 1 heterocycles. The van der Waals surface area contributed by atoms with Crippen LogP contribution in [-0.2, 0) is 0 Å². The van der Waals surface area contributed by atoms with Crippen molar-refractivity contribution < 1.29 is 9.90 Å². The third-order valence-corrected chi connectivity index (χ3v) is 2.89. The van der Waals surface area contributed by atoms with Crippen molar-refractivity contribution in [1.29, 1.82) is 0 Å². The second-order valence-electron chi connectivity index (χ2n) is 3.35. The summed E-state index contributed by atoms with van der Waals surface area (Å²) in [6, 6.07) is 1.37. The molecule has 5 heteroatoms. The van der Waals surface area contributed by atoms with Gasteiger partial charge in [0.15, 0.2) is 0 Å². The molecule has 0 bridgehead atoms. The number of aromatic amines is 1. The lowest BCUT2D eigenvalue weighted by Gasteiger charge is -2.02. The predicted octanol–water partition coefficient (Wildman–Crippen LogP) is 1.71. The number of aromatic carboxylic acids is 1. The van der Waals surface area contributed by atoms with Gasteiger partial charge in [0.25, 0.3) is 5.56 Å².